The number of ketones is 1. The van der Waals surface area contributed by atoms with Crippen molar-refractivity contribution in [3.05, 3.63) is 46.1 Å². The van der Waals surface area contributed by atoms with Gasteiger partial charge < -0.3 is 14.5 Å². The number of nitrogens with one attached hydrogen (secondary N) is 2. The molecule has 3 aromatic rings. The molecule has 2 N–H and O–H groups in total. The number of anilines is 1. The molecule has 0 aliphatic heterocycles. The summed E-state index contributed by atoms with van der Waals surface area (Å²) in [6, 6.07) is 5.48. The Bertz CT molecular complexity index is 1180. The number of carbonyl (C=O) groups is 2. The number of carbonyl (C=O) groups excluding carboxylic acids is 2. The van der Waals surface area contributed by atoms with E-state index in [0.717, 1.165) is 17.7 Å². The van der Waals surface area contributed by atoms with Crippen LogP contribution >= 0.6 is 11.3 Å². The van der Waals surface area contributed by atoms with Gasteiger partial charge in [0.25, 0.3) is 5.91 Å². The molecule has 1 amide bonds. The monoisotopic (exact) mass is 439 g/mol. The van der Waals surface area contributed by atoms with E-state index in [-0.39, 0.29) is 17.1 Å². The summed E-state index contributed by atoms with van der Waals surface area (Å²) >= 11 is 1.32. The minimum Gasteiger partial charge on any atom is -0.497 e. The van der Waals surface area contributed by atoms with E-state index in [0.29, 0.717) is 45.6 Å². The molecule has 0 spiro atoms. The molecule has 162 valence electrons. The second kappa shape index (κ2) is 7.85. The summed E-state index contributed by atoms with van der Waals surface area (Å²) in [5.74, 6) is 1.13. The number of thiazole rings is 1. The maximum absolute atomic E-state index is 13.0. The molecule has 0 radical (unpaired) electrons. The average Bonchev–Trinajstić information content (AvgIpc) is 3.30. The first-order valence-corrected chi connectivity index (χ1v) is 10.8. The lowest BCUT2D eigenvalue weighted by Gasteiger charge is -2.28. The number of hydrogen-bond acceptors (Lipinski definition) is 6. The van der Waals surface area contributed by atoms with Crippen molar-refractivity contribution in [1.82, 2.24) is 9.97 Å². The number of fused-ring (bicyclic) bond motifs is 1. The molecule has 7 nitrogen and oxygen atoms in total. The van der Waals surface area contributed by atoms with Crippen LogP contribution in [-0.4, -0.2) is 35.9 Å². The number of rotatable bonds is 5. The number of Topliss-reactive ketones (excluding diaryl/α,β-unsaturated/α-hetero) is 1. The summed E-state index contributed by atoms with van der Waals surface area (Å²) in [4.78, 5) is 33.3. The largest absolute Gasteiger partial charge is 0.497 e. The van der Waals surface area contributed by atoms with Crippen molar-refractivity contribution in [2.45, 2.75) is 33.6 Å². The summed E-state index contributed by atoms with van der Waals surface area (Å²) in [6.07, 6.45) is 1.22. The number of hydrogen-bond donors (Lipinski definition) is 2. The van der Waals surface area contributed by atoms with E-state index < -0.39 is 0 Å². The van der Waals surface area contributed by atoms with Gasteiger partial charge in [0.15, 0.2) is 10.9 Å². The van der Waals surface area contributed by atoms with Gasteiger partial charge in [-0.3, -0.25) is 14.9 Å². The summed E-state index contributed by atoms with van der Waals surface area (Å²) in [5.41, 5.74) is 3.93. The van der Waals surface area contributed by atoms with E-state index in [9.17, 15) is 9.59 Å². The van der Waals surface area contributed by atoms with E-state index in [1.54, 1.807) is 14.2 Å². The van der Waals surface area contributed by atoms with Gasteiger partial charge in [0.05, 0.1) is 19.9 Å². The maximum atomic E-state index is 13.0. The molecule has 4 rings (SSSR count). The first-order chi connectivity index (χ1) is 14.7. The number of nitrogens with zero attached hydrogens (tertiary/aromatic N) is 1. The van der Waals surface area contributed by atoms with Crippen LogP contribution in [0.15, 0.2) is 23.6 Å². The SMILES string of the molecule is COc1ccc(OC)c(-c2csc(NC(=O)c3[nH]c4c(c3C)C(=O)CC(C)(C)C4)n2)c1. The van der Waals surface area contributed by atoms with Crippen LogP contribution in [0.2, 0.25) is 0 Å². The normalized spacial score (nSPS) is 14.8. The number of H-pyrrole nitrogens is 1. The highest BCUT2D eigenvalue weighted by molar-refractivity contribution is 7.14. The highest BCUT2D eigenvalue weighted by atomic mass is 32.1. The molecule has 1 aliphatic rings. The highest BCUT2D eigenvalue weighted by Gasteiger charge is 2.35. The molecule has 2 heterocycles. The van der Waals surface area contributed by atoms with Crippen molar-refractivity contribution >= 4 is 28.2 Å². The van der Waals surface area contributed by atoms with Crippen molar-refractivity contribution in [2.75, 3.05) is 19.5 Å². The number of benzene rings is 1. The van der Waals surface area contributed by atoms with Gasteiger partial charge >= 0.3 is 0 Å². The van der Waals surface area contributed by atoms with Gasteiger partial charge in [-0.1, -0.05) is 13.8 Å². The zero-order valence-corrected chi connectivity index (χ0v) is 19.0. The van der Waals surface area contributed by atoms with Gasteiger partial charge in [-0.15, -0.1) is 11.3 Å². The van der Waals surface area contributed by atoms with Crippen molar-refractivity contribution < 1.29 is 19.1 Å². The molecule has 1 aromatic carbocycles. The topological polar surface area (TPSA) is 93.3 Å². The van der Waals surface area contributed by atoms with Crippen LogP contribution in [-0.2, 0) is 6.42 Å². The molecule has 31 heavy (non-hydrogen) atoms. The fourth-order valence-electron chi connectivity index (χ4n) is 4.09. The zero-order valence-electron chi connectivity index (χ0n) is 18.2. The third kappa shape index (κ3) is 3.95. The molecular weight excluding hydrogens is 414 g/mol. The number of aromatic amines is 1. The molecule has 0 unspecified atom stereocenters. The number of aromatic nitrogens is 2. The van der Waals surface area contributed by atoms with Gasteiger partial charge in [-0.25, -0.2) is 4.98 Å². The molecule has 0 bridgehead atoms. The van der Waals surface area contributed by atoms with Crippen molar-refractivity contribution in [3.8, 4) is 22.8 Å². The highest BCUT2D eigenvalue weighted by Crippen LogP contribution is 2.38. The fourth-order valence-corrected chi connectivity index (χ4v) is 4.79. The number of methoxy groups -OCH3 is 2. The molecule has 0 saturated carbocycles. The Morgan fingerprint density at radius 1 is 1.23 bits per heavy atom. The van der Waals surface area contributed by atoms with Gasteiger partial charge in [-0.05, 0) is 42.5 Å². The number of amides is 1. The summed E-state index contributed by atoms with van der Waals surface area (Å²) in [7, 11) is 3.20. The lowest BCUT2D eigenvalue weighted by molar-refractivity contribution is 0.0910. The Hall–Kier alpha value is -3.13. The molecule has 0 saturated heterocycles. The zero-order chi connectivity index (χ0) is 22.3. The summed E-state index contributed by atoms with van der Waals surface area (Å²) < 4.78 is 10.7. The maximum Gasteiger partial charge on any atom is 0.274 e. The second-order valence-corrected chi connectivity index (χ2v) is 9.34. The molecule has 1 aliphatic carbocycles. The van der Waals surface area contributed by atoms with Crippen molar-refractivity contribution in [2.24, 2.45) is 5.41 Å². The van der Waals surface area contributed by atoms with Crippen LogP contribution in [0.1, 0.15) is 52.4 Å². The smallest absolute Gasteiger partial charge is 0.274 e. The van der Waals surface area contributed by atoms with Crippen LogP contribution < -0.4 is 14.8 Å². The quantitative estimate of drug-likeness (QED) is 0.591. The van der Waals surface area contributed by atoms with Crippen molar-refractivity contribution in [3.63, 3.8) is 0 Å². The molecule has 0 fully saturated rings. The minimum atomic E-state index is -0.309. The third-order valence-electron chi connectivity index (χ3n) is 5.54. The average molecular weight is 440 g/mol. The van der Waals surface area contributed by atoms with Gasteiger partial charge in [0, 0.05) is 28.6 Å². The first kappa shape index (κ1) is 21.1. The Morgan fingerprint density at radius 3 is 2.71 bits per heavy atom. The first-order valence-electron chi connectivity index (χ1n) is 9.96. The lowest BCUT2D eigenvalue weighted by atomic mass is 9.75. The minimum absolute atomic E-state index is 0.0840. The standard InChI is InChI=1S/C23H25N3O4S/c1-12-19-15(9-23(2,3)10-17(19)27)24-20(12)21(28)26-22-25-16(11-31-22)14-8-13(29-4)6-7-18(14)30-5/h6-8,11,24H,9-10H2,1-5H3,(H,25,26,28). The molecule has 2 aromatic heterocycles. The predicted molar refractivity (Wildman–Crippen MR) is 121 cm³/mol. The Balaban J connectivity index is 1.60. The Kier molecular flexibility index (Phi) is 5.35. The van der Waals surface area contributed by atoms with E-state index in [1.165, 1.54) is 11.3 Å². The van der Waals surface area contributed by atoms with Gasteiger partial charge in [0.2, 0.25) is 0 Å². The molecular formula is C23H25N3O4S. The van der Waals surface area contributed by atoms with Crippen molar-refractivity contribution in [1.29, 1.82) is 0 Å². The Morgan fingerprint density at radius 2 is 2.00 bits per heavy atom. The Labute approximate surface area is 184 Å². The predicted octanol–water partition coefficient (Wildman–Crippen LogP) is 4.87. The van der Waals surface area contributed by atoms with Crippen LogP contribution in [0.3, 0.4) is 0 Å². The van der Waals surface area contributed by atoms with Gasteiger partial charge in [-0.2, -0.15) is 0 Å². The van der Waals surface area contributed by atoms with Crippen LogP contribution in [0.25, 0.3) is 11.3 Å². The van der Waals surface area contributed by atoms with E-state index in [4.69, 9.17) is 9.47 Å². The van der Waals surface area contributed by atoms with Crippen LogP contribution in [0, 0.1) is 12.3 Å². The van der Waals surface area contributed by atoms with Gasteiger partial charge in [0.1, 0.15) is 17.2 Å². The van der Waals surface area contributed by atoms with E-state index >= 15 is 0 Å². The summed E-state index contributed by atoms with van der Waals surface area (Å²) in [5, 5.41) is 5.17. The van der Waals surface area contributed by atoms with E-state index in [1.807, 2.05) is 30.5 Å². The second-order valence-electron chi connectivity index (χ2n) is 8.48. The molecule has 8 heteroatoms. The third-order valence-corrected chi connectivity index (χ3v) is 6.29. The number of ether oxygens (including phenoxy) is 2. The molecule has 0 atom stereocenters. The fraction of sp³-hybridized carbons (Fsp3) is 0.348. The summed E-state index contributed by atoms with van der Waals surface area (Å²) in [6.45, 7) is 5.94. The lowest BCUT2D eigenvalue weighted by Crippen LogP contribution is -2.26. The van der Waals surface area contributed by atoms with Crippen LogP contribution in [0.4, 0.5) is 5.13 Å². The van der Waals surface area contributed by atoms with E-state index in [2.05, 4.69) is 29.1 Å². The van der Waals surface area contributed by atoms with Crippen LogP contribution in [0.5, 0.6) is 11.5 Å².